The molecule has 1 saturated heterocycles. The number of hydrogen-bond acceptors (Lipinski definition) is 4. The molecule has 0 bridgehead atoms. The molecule has 2 heterocycles. The van der Waals surface area contributed by atoms with Gasteiger partial charge in [-0.25, -0.2) is 4.79 Å². The average molecular weight is 414 g/mol. The van der Waals surface area contributed by atoms with Gasteiger partial charge in [0, 0.05) is 45.6 Å². The van der Waals surface area contributed by atoms with E-state index in [0.29, 0.717) is 56.2 Å². The fourth-order valence-corrected chi connectivity index (χ4v) is 4.76. The molecule has 0 unspecified atom stereocenters. The molecule has 1 aliphatic carbocycles. The van der Waals surface area contributed by atoms with E-state index in [1.165, 1.54) is 36.7 Å². The first-order chi connectivity index (χ1) is 14.6. The summed E-state index contributed by atoms with van der Waals surface area (Å²) < 4.78 is 6.73. The smallest absolute Gasteiger partial charge is 0.408 e. The minimum absolute atomic E-state index is 0.0153. The number of hydrogen-bond donors (Lipinski definition) is 0. The van der Waals surface area contributed by atoms with E-state index >= 15 is 0 Å². The lowest BCUT2D eigenvalue weighted by atomic mass is 9.86. The first kappa shape index (κ1) is 20.7. The van der Waals surface area contributed by atoms with Crippen molar-refractivity contribution in [1.29, 1.82) is 0 Å². The number of aryl methyl sites for hydroxylation is 1. The van der Waals surface area contributed by atoms with E-state index < -0.39 is 5.76 Å². The van der Waals surface area contributed by atoms with Crippen molar-refractivity contribution < 1.29 is 14.0 Å². The molecular weight excluding hydrogens is 382 g/mol. The third-order valence-corrected chi connectivity index (χ3v) is 6.60. The molecule has 162 valence electrons. The van der Waals surface area contributed by atoms with Crippen LogP contribution in [0, 0.1) is 5.92 Å². The van der Waals surface area contributed by atoms with Crippen molar-refractivity contribution in [2.45, 2.75) is 57.9 Å². The van der Waals surface area contributed by atoms with Crippen molar-refractivity contribution in [3.05, 3.63) is 34.8 Å². The Morgan fingerprint density at radius 1 is 0.900 bits per heavy atom. The third kappa shape index (κ3) is 4.77. The van der Waals surface area contributed by atoms with Crippen molar-refractivity contribution in [2.24, 2.45) is 5.92 Å². The van der Waals surface area contributed by atoms with E-state index in [1.54, 1.807) is 11.0 Å². The topological polar surface area (TPSA) is 75.8 Å². The zero-order chi connectivity index (χ0) is 20.9. The van der Waals surface area contributed by atoms with Crippen molar-refractivity contribution >= 4 is 22.9 Å². The van der Waals surface area contributed by atoms with Crippen LogP contribution < -0.4 is 5.76 Å². The predicted molar refractivity (Wildman–Crippen MR) is 114 cm³/mol. The van der Waals surface area contributed by atoms with Crippen LogP contribution in [-0.2, 0) is 16.1 Å². The lowest BCUT2D eigenvalue weighted by molar-refractivity contribution is -0.139. The number of carbonyl (C=O) groups is 2. The number of amides is 2. The molecule has 2 aromatic rings. The summed E-state index contributed by atoms with van der Waals surface area (Å²) in [6.07, 6.45) is 8.38. The van der Waals surface area contributed by atoms with Gasteiger partial charge in [0.2, 0.25) is 11.8 Å². The molecule has 30 heavy (non-hydrogen) atoms. The summed E-state index contributed by atoms with van der Waals surface area (Å²) in [7, 11) is 0. The van der Waals surface area contributed by atoms with E-state index in [4.69, 9.17) is 4.42 Å². The second kappa shape index (κ2) is 9.49. The Balaban J connectivity index is 1.22. The van der Waals surface area contributed by atoms with E-state index in [2.05, 4.69) is 0 Å². The second-order valence-electron chi connectivity index (χ2n) is 8.54. The fourth-order valence-electron chi connectivity index (χ4n) is 4.76. The summed E-state index contributed by atoms with van der Waals surface area (Å²) in [4.78, 5) is 40.9. The Kier molecular flexibility index (Phi) is 6.55. The highest BCUT2D eigenvalue weighted by atomic mass is 16.4. The predicted octanol–water partition coefficient (Wildman–Crippen LogP) is 3.02. The summed E-state index contributed by atoms with van der Waals surface area (Å²) in [5, 5.41) is 0. The molecule has 0 N–H and O–H groups in total. The molecule has 1 aromatic heterocycles. The van der Waals surface area contributed by atoms with Crippen LogP contribution in [0.3, 0.4) is 0 Å². The highest BCUT2D eigenvalue weighted by molar-refractivity contribution is 5.79. The van der Waals surface area contributed by atoms with Crippen LogP contribution in [0.2, 0.25) is 0 Å². The molecule has 2 aliphatic rings. The molecule has 7 heteroatoms. The normalized spacial score (nSPS) is 18.1. The van der Waals surface area contributed by atoms with Crippen LogP contribution in [-0.4, -0.2) is 52.4 Å². The Bertz CT molecular complexity index is 933. The summed E-state index contributed by atoms with van der Waals surface area (Å²) in [5.74, 6) is 0.524. The Morgan fingerprint density at radius 2 is 1.53 bits per heavy atom. The van der Waals surface area contributed by atoms with E-state index in [-0.39, 0.29) is 18.2 Å². The minimum atomic E-state index is -0.433. The Hall–Kier alpha value is -2.57. The van der Waals surface area contributed by atoms with E-state index in [1.807, 2.05) is 23.1 Å². The number of benzene rings is 1. The number of rotatable bonds is 6. The number of fused-ring (bicyclic) bond motifs is 1. The number of para-hydroxylation sites is 2. The zero-order valence-electron chi connectivity index (χ0n) is 17.6. The summed E-state index contributed by atoms with van der Waals surface area (Å²) in [6.45, 7) is 2.63. The summed E-state index contributed by atoms with van der Waals surface area (Å²) in [6, 6.07) is 7.23. The van der Waals surface area contributed by atoms with Gasteiger partial charge in [-0.2, -0.15) is 0 Å². The van der Waals surface area contributed by atoms with Crippen molar-refractivity contribution in [3.8, 4) is 0 Å². The molecule has 1 aromatic carbocycles. The van der Waals surface area contributed by atoms with Gasteiger partial charge in [-0.15, -0.1) is 0 Å². The maximum absolute atomic E-state index is 12.6. The van der Waals surface area contributed by atoms with Gasteiger partial charge in [-0.05, 0) is 24.5 Å². The number of carbonyl (C=O) groups excluding carboxylic acids is 2. The SMILES string of the molecule is O=C(CCC1CCCCC1)N1CCN(C(=O)CCn2c(=O)oc3ccccc32)CC1. The molecule has 0 atom stereocenters. The maximum atomic E-state index is 12.6. The van der Waals surface area contributed by atoms with Crippen molar-refractivity contribution in [1.82, 2.24) is 14.4 Å². The summed E-state index contributed by atoms with van der Waals surface area (Å²) >= 11 is 0. The van der Waals surface area contributed by atoms with Gasteiger partial charge < -0.3 is 14.2 Å². The zero-order valence-corrected chi connectivity index (χ0v) is 17.6. The molecule has 0 radical (unpaired) electrons. The highest BCUT2D eigenvalue weighted by Crippen LogP contribution is 2.27. The number of oxazole rings is 1. The van der Waals surface area contributed by atoms with Gasteiger partial charge in [0.25, 0.3) is 0 Å². The molecule has 4 rings (SSSR count). The standard InChI is InChI=1S/C23H31N3O4/c27-21(11-10-18-6-2-1-3-7-18)24-14-16-25(17-15-24)22(28)12-13-26-19-8-4-5-9-20(19)30-23(26)29/h4-5,8-9,18H,1-3,6-7,10-17H2. The van der Waals surface area contributed by atoms with Crippen LogP contribution in [0.25, 0.3) is 11.1 Å². The Labute approximate surface area is 176 Å². The fraction of sp³-hybridized carbons (Fsp3) is 0.609. The second-order valence-corrected chi connectivity index (χ2v) is 8.54. The highest BCUT2D eigenvalue weighted by Gasteiger charge is 2.25. The van der Waals surface area contributed by atoms with Gasteiger partial charge in [-0.3, -0.25) is 14.2 Å². The first-order valence-corrected chi connectivity index (χ1v) is 11.3. The quantitative estimate of drug-likeness (QED) is 0.730. The van der Waals surface area contributed by atoms with Gasteiger partial charge in [0.05, 0.1) is 5.52 Å². The number of piperazine rings is 1. The van der Waals surface area contributed by atoms with Crippen LogP contribution in [0.15, 0.2) is 33.5 Å². The molecule has 2 fully saturated rings. The first-order valence-electron chi connectivity index (χ1n) is 11.3. The third-order valence-electron chi connectivity index (χ3n) is 6.60. The van der Waals surface area contributed by atoms with E-state index in [9.17, 15) is 14.4 Å². The number of aromatic nitrogens is 1. The van der Waals surface area contributed by atoms with E-state index in [0.717, 1.165) is 6.42 Å². The van der Waals surface area contributed by atoms with Gasteiger partial charge in [-0.1, -0.05) is 44.2 Å². The molecule has 1 aliphatic heterocycles. The minimum Gasteiger partial charge on any atom is -0.408 e. The largest absolute Gasteiger partial charge is 0.419 e. The lowest BCUT2D eigenvalue weighted by Gasteiger charge is -2.35. The average Bonchev–Trinajstić information content (AvgIpc) is 3.11. The van der Waals surface area contributed by atoms with Crippen molar-refractivity contribution in [3.63, 3.8) is 0 Å². The Morgan fingerprint density at radius 3 is 2.23 bits per heavy atom. The summed E-state index contributed by atoms with van der Waals surface area (Å²) in [5.41, 5.74) is 1.25. The molecule has 2 amide bonds. The van der Waals surface area contributed by atoms with Gasteiger partial charge >= 0.3 is 5.76 Å². The van der Waals surface area contributed by atoms with Crippen molar-refractivity contribution in [2.75, 3.05) is 26.2 Å². The van der Waals surface area contributed by atoms with Crippen LogP contribution in [0.4, 0.5) is 0 Å². The molecule has 0 spiro atoms. The molecule has 7 nitrogen and oxygen atoms in total. The lowest BCUT2D eigenvalue weighted by Crippen LogP contribution is -2.50. The number of nitrogens with zero attached hydrogens (tertiary/aromatic N) is 3. The molecular formula is C23H31N3O4. The van der Waals surface area contributed by atoms with Gasteiger partial charge in [0.15, 0.2) is 5.58 Å². The van der Waals surface area contributed by atoms with Crippen LogP contribution in [0.1, 0.15) is 51.4 Å². The van der Waals surface area contributed by atoms with Crippen LogP contribution >= 0.6 is 0 Å². The van der Waals surface area contributed by atoms with Crippen LogP contribution in [0.5, 0.6) is 0 Å². The molecule has 1 saturated carbocycles. The maximum Gasteiger partial charge on any atom is 0.419 e. The monoisotopic (exact) mass is 413 g/mol. The van der Waals surface area contributed by atoms with Gasteiger partial charge in [0.1, 0.15) is 0 Å².